The molecule has 1 aromatic carbocycles. The quantitative estimate of drug-likeness (QED) is 0.758. The van der Waals surface area contributed by atoms with Gasteiger partial charge in [-0.1, -0.05) is 0 Å². The number of hydrogen-bond acceptors (Lipinski definition) is 4. The van der Waals surface area contributed by atoms with E-state index in [1.54, 1.807) is 13.0 Å². The van der Waals surface area contributed by atoms with Crippen LogP contribution in [0.4, 0.5) is 5.69 Å². The minimum absolute atomic E-state index is 0.0277. The topological polar surface area (TPSA) is 95.9 Å². The molecule has 0 aromatic heterocycles. The Morgan fingerprint density at radius 2 is 2.15 bits per heavy atom. The number of aryl methyl sites for hydroxylation is 1. The van der Waals surface area contributed by atoms with Crippen LogP contribution in [0, 0.1) is 0 Å². The molecule has 0 aliphatic carbocycles. The Morgan fingerprint density at radius 3 is 2.92 bits per heavy atom. The van der Waals surface area contributed by atoms with Gasteiger partial charge in [0.25, 0.3) is 0 Å². The minimum atomic E-state index is -1.08. The lowest BCUT2D eigenvalue weighted by molar-refractivity contribution is -0.155. The van der Waals surface area contributed by atoms with Crippen molar-refractivity contribution in [3.8, 4) is 5.75 Å². The van der Waals surface area contributed by atoms with Gasteiger partial charge in [0.05, 0.1) is 6.61 Å². The summed E-state index contributed by atoms with van der Waals surface area (Å²) >= 11 is 0. The monoisotopic (exact) mass is 360 g/mol. The molecule has 0 saturated carbocycles. The fraction of sp³-hybridized carbons (Fsp3) is 0.526. The third-order valence-electron chi connectivity index (χ3n) is 5.18. The number of carbonyl (C=O) groups excluding carboxylic acids is 2. The molecular weight excluding hydrogens is 336 g/mol. The van der Waals surface area contributed by atoms with E-state index in [1.807, 2.05) is 12.1 Å². The van der Waals surface area contributed by atoms with Crippen LogP contribution in [-0.4, -0.2) is 46.5 Å². The zero-order valence-electron chi connectivity index (χ0n) is 14.9. The van der Waals surface area contributed by atoms with E-state index in [-0.39, 0.29) is 18.2 Å². The summed E-state index contributed by atoms with van der Waals surface area (Å²) in [5.74, 6) is -0.339. The fourth-order valence-corrected chi connectivity index (χ4v) is 3.58. The van der Waals surface area contributed by atoms with Crippen LogP contribution in [0.5, 0.6) is 5.75 Å². The van der Waals surface area contributed by atoms with Gasteiger partial charge in [-0.25, -0.2) is 4.79 Å². The number of ether oxygens (including phenoxy) is 1. The number of likely N-dealkylation sites (tertiary alicyclic amines) is 1. The molecule has 1 atom stereocenters. The molecule has 1 fully saturated rings. The van der Waals surface area contributed by atoms with E-state index >= 15 is 0 Å². The maximum absolute atomic E-state index is 12.4. The summed E-state index contributed by atoms with van der Waals surface area (Å²) in [6.07, 6.45) is 3.18. The maximum Gasteiger partial charge on any atom is 0.329 e. The standard InChI is InChI=1S/C19H24N2O5/c1-19(18(24)25)9-3-10-21(19)17(23)4-2-11-26-14-6-7-15-13(12-14)5-8-16(22)20-15/h6-7,12H,2-5,8-11H2,1H3,(H,20,22)(H,24,25). The Bertz CT molecular complexity index is 733. The van der Waals surface area contributed by atoms with Gasteiger partial charge in [-0.05, 0) is 56.4 Å². The van der Waals surface area contributed by atoms with E-state index in [2.05, 4.69) is 5.32 Å². The van der Waals surface area contributed by atoms with Crippen molar-refractivity contribution in [2.75, 3.05) is 18.5 Å². The summed E-state index contributed by atoms with van der Waals surface area (Å²) in [7, 11) is 0. The van der Waals surface area contributed by atoms with E-state index in [0.29, 0.717) is 44.6 Å². The predicted molar refractivity (Wildman–Crippen MR) is 95.1 cm³/mol. The highest BCUT2D eigenvalue weighted by Gasteiger charge is 2.45. The normalized spacial score (nSPS) is 21.9. The Hall–Kier alpha value is -2.57. The Morgan fingerprint density at radius 1 is 1.35 bits per heavy atom. The molecular formula is C19H24N2O5. The molecule has 1 saturated heterocycles. The highest BCUT2D eigenvalue weighted by atomic mass is 16.5. The number of amides is 2. The number of fused-ring (bicyclic) bond motifs is 1. The number of carboxylic acids is 1. The number of benzene rings is 1. The van der Waals surface area contributed by atoms with Crippen LogP contribution in [-0.2, 0) is 20.8 Å². The summed E-state index contributed by atoms with van der Waals surface area (Å²) in [6, 6.07) is 5.54. The average Bonchev–Trinajstić information content (AvgIpc) is 3.02. The minimum Gasteiger partial charge on any atom is -0.494 e. The van der Waals surface area contributed by atoms with Gasteiger partial charge in [-0.3, -0.25) is 9.59 Å². The molecule has 2 aliphatic rings. The number of anilines is 1. The first-order valence-corrected chi connectivity index (χ1v) is 8.99. The molecule has 2 heterocycles. The van der Waals surface area contributed by atoms with E-state index < -0.39 is 11.5 Å². The van der Waals surface area contributed by atoms with Crippen LogP contribution < -0.4 is 10.1 Å². The van der Waals surface area contributed by atoms with Crippen LogP contribution in [0.25, 0.3) is 0 Å². The van der Waals surface area contributed by atoms with E-state index in [1.165, 1.54) is 4.90 Å². The van der Waals surface area contributed by atoms with Gasteiger partial charge < -0.3 is 20.1 Å². The second-order valence-electron chi connectivity index (χ2n) is 7.05. The Labute approximate surface area is 152 Å². The smallest absolute Gasteiger partial charge is 0.329 e. The van der Waals surface area contributed by atoms with Crippen LogP contribution in [0.3, 0.4) is 0 Å². The van der Waals surface area contributed by atoms with Crippen molar-refractivity contribution in [2.45, 2.75) is 51.0 Å². The SMILES string of the molecule is CC1(C(=O)O)CCCN1C(=O)CCCOc1ccc2c(c1)CCC(=O)N2. The van der Waals surface area contributed by atoms with Crippen molar-refractivity contribution >= 4 is 23.5 Å². The summed E-state index contributed by atoms with van der Waals surface area (Å²) in [5, 5.41) is 12.2. The molecule has 26 heavy (non-hydrogen) atoms. The van der Waals surface area contributed by atoms with Crippen molar-refractivity contribution in [2.24, 2.45) is 0 Å². The zero-order valence-corrected chi connectivity index (χ0v) is 14.9. The van der Waals surface area contributed by atoms with Crippen LogP contribution in [0.2, 0.25) is 0 Å². The number of nitrogens with zero attached hydrogens (tertiary/aromatic N) is 1. The van der Waals surface area contributed by atoms with Gasteiger partial charge in [0.15, 0.2) is 0 Å². The first kappa shape index (κ1) is 18.2. The third kappa shape index (κ3) is 3.66. The van der Waals surface area contributed by atoms with Gasteiger partial charge in [0, 0.05) is 25.1 Å². The maximum atomic E-state index is 12.4. The van der Waals surface area contributed by atoms with Gasteiger partial charge in [0.2, 0.25) is 11.8 Å². The molecule has 0 bridgehead atoms. The Balaban J connectivity index is 1.48. The highest BCUT2D eigenvalue weighted by Crippen LogP contribution is 2.30. The molecule has 1 aromatic rings. The first-order valence-electron chi connectivity index (χ1n) is 8.99. The fourth-order valence-electron chi connectivity index (χ4n) is 3.58. The molecule has 2 N–H and O–H groups in total. The van der Waals surface area contributed by atoms with E-state index in [4.69, 9.17) is 4.74 Å². The van der Waals surface area contributed by atoms with Crippen LogP contribution in [0.15, 0.2) is 18.2 Å². The number of carboxylic acid groups (broad SMARTS) is 1. The summed E-state index contributed by atoms with van der Waals surface area (Å²) in [5.41, 5.74) is 0.791. The summed E-state index contributed by atoms with van der Waals surface area (Å²) in [4.78, 5) is 36.7. The zero-order chi connectivity index (χ0) is 18.7. The number of rotatable bonds is 6. The predicted octanol–water partition coefficient (Wildman–Crippen LogP) is 2.20. The lowest BCUT2D eigenvalue weighted by atomic mass is 9.99. The number of aliphatic carboxylic acids is 1. The number of nitrogens with one attached hydrogen (secondary N) is 1. The van der Waals surface area contributed by atoms with Gasteiger partial charge in [0.1, 0.15) is 11.3 Å². The first-order chi connectivity index (χ1) is 12.4. The van der Waals surface area contributed by atoms with Gasteiger partial charge >= 0.3 is 5.97 Å². The highest BCUT2D eigenvalue weighted by molar-refractivity contribution is 5.94. The third-order valence-corrected chi connectivity index (χ3v) is 5.18. The van der Waals surface area contributed by atoms with Crippen LogP contribution in [0.1, 0.15) is 44.6 Å². The molecule has 3 rings (SSSR count). The second-order valence-corrected chi connectivity index (χ2v) is 7.05. The molecule has 2 amide bonds. The van der Waals surface area contributed by atoms with Crippen molar-refractivity contribution < 1.29 is 24.2 Å². The van der Waals surface area contributed by atoms with Crippen molar-refractivity contribution in [3.05, 3.63) is 23.8 Å². The molecule has 2 aliphatic heterocycles. The van der Waals surface area contributed by atoms with Crippen molar-refractivity contribution in [1.29, 1.82) is 0 Å². The largest absolute Gasteiger partial charge is 0.494 e. The summed E-state index contributed by atoms with van der Waals surface area (Å²) in [6.45, 7) is 2.50. The van der Waals surface area contributed by atoms with Gasteiger partial charge in [-0.2, -0.15) is 0 Å². The van der Waals surface area contributed by atoms with Crippen molar-refractivity contribution in [3.63, 3.8) is 0 Å². The van der Waals surface area contributed by atoms with E-state index in [9.17, 15) is 19.5 Å². The van der Waals surface area contributed by atoms with E-state index in [0.717, 1.165) is 17.7 Å². The molecule has 0 radical (unpaired) electrons. The second kappa shape index (κ2) is 7.35. The molecule has 0 spiro atoms. The molecule has 1 unspecified atom stereocenters. The molecule has 7 nitrogen and oxygen atoms in total. The lowest BCUT2D eigenvalue weighted by Crippen LogP contribution is -2.50. The average molecular weight is 360 g/mol. The van der Waals surface area contributed by atoms with Crippen LogP contribution >= 0.6 is 0 Å². The number of hydrogen-bond donors (Lipinski definition) is 2. The molecule has 140 valence electrons. The molecule has 7 heteroatoms. The Kier molecular flexibility index (Phi) is 5.15. The van der Waals surface area contributed by atoms with Crippen molar-refractivity contribution in [1.82, 2.24) is 4.90 Å². The summed E-state index contributed by atoms with van der Waals surface area (Å²) < 4.78 is 5.71. The lowest BCUT2D eigenvalue weighted by Gasteiger charge is -2.31. The number of carbonyl (C=O) groups is 3. The van der Waals surface area contributed by atoms with Gasteiger partial charge in [-0.15, -0.1) is 0 Å².